The number of aryl methyl sites for hydroxylation is 1. The third-order valence-electron chi connectivity index (χ3n) is 3.75. The van der Waals surface area contributed by atoms with Crippen molar-refractivity contribution in [2.24, 2.45) is 0 Å². The second kappa shape index (κ2) is 8.97. The van der Waals surface area contributed by atoms with E-state index in [2.05, 4.69) is 20.0 Å². The second-order valence-electron chi connectivity index (χ2n) is 6.52. The van der Waals surface area contributed by atoms with Crippen LogP contribution in [-0.4, -0.2) is 34.4 Å². The fraction of sp³-hybridized carbons (Fsp3) is 0.368. The molecule has 0 spiro atoms. The number of aromatic nitrogens is 2. The van der Waals surface area contributed by atoms with Gasteiger partial charge in [-0.15, -0.1) is 0 Å². The number of carbonyl (C=O) groups excluding carboxylic acids is 2. The molecule has 0 aliphatic carbocycles. The number of Topliss-reactive ketones (excluding diaryl/α,β-unsaturated/α-hetero) is 1. The molecular weight excluding hydrogens is 394 g/mol. The number of alkyl halides is 3. The van der Waals surface area contributed by atoms with Crippen molar-refractivity contribution in [3.63, 3.8) is 0 Å². The fourth-order valence-corrected chi connectivity index (χ4v) is 2.51. The summed E-state index contributed by atoms with van der Waals surface area (Å²) in [6.07, 6.45) is -3.40. The van der Waals surface area contributed by atoms with Gasteiger partial charge in [0.1, 0.15) is 5.78 Å². The minimum absolute atomic E-state index is 0.0893. The highest BCUT2D eigenvalue weighted by Gasteiger charge is 2.29. The van der Waals surface area contributed by atoms with Crippen LogP contribution in [0.15, 0.2) is 24.4 Å². The highest BCUT2D eigenvalue weighted by Crippen LogP contribution is 2.22. The van der Waals surface area contributed by atoms with Crippen LogP contribution in [0.3, 0.4) is 0 Å². The zero-order valence-corrected chi connectivity index (χ0v) is 15.9. The molecule has 0 aromatic carbocycles. The number of pyridine rings is 2. The van der Waals surface area contributed by atoms with Gasteiger partial charge in [-0.3, -0.25) is 14.6 Å². The van der Waals surface area contributed by atoms with Gasteiger partial charge in [-0.2, -0.15) is 13.2 Å². The van der Waals surface area contributed by atoms with Gasteiger partial charge in [-0.05, 0) is 44.5 Å². The molecule has 6 nitrogen and oxygen atoms in total. The van der Waals surface area contributed by atoms with Crippen molar-refractivity contribution < 1.29 is 31.9 Å². The Morgan fingerprint density at radius 3 is 2.52 bits per heavy atom. The molecule has 0 saturated carbocycles. The first-order valence-electron chi connectivity index (χ1n) is 8.57. The third-order valence-corrected chi connectivity index (χ3v) is 3.75. The first kappa shape index (κ1) is 22.3. The molecule has 0 aliphatic rings. The number of hydrogen-bond donors (Lipinski definition) is 1. The molecule has 2 rings (SSSR count). The lowest BCUT2D eigenvalue weighted by atomic mass is 10.1. The van der Waals surface area contributed by atoms with Crippen LogP contribution in [0.25, 0.3) is 0 Å². The van der Waals surface area contributed by atoms with Crippen molar-refractivity contribution in [2.75, 3.05) is 6.61 Å². The molecule has 1 unspecified atom stereocenters. The Morgan fingerprint density at radius 1 is 1.24 bits per heavy atom. The van der Waals surface area contributed by atoms with E-state index in [1.165, 1.54) is 13.0 Å². The Balaban J connectivity index is 2.10. The highest BCUT2D eigenvalue weighted by molar-refractivity contribution is 5.94. The van der Waals surface area contributed by atoms with E-state index < -0.39 is 36.4 Å². The summed E-state index contributed by atoms with van der Waals surface area (Å²) in [5, 5.41) is 2.64. The van der Waals surface area contributed by atoms with Gasteiger partial charge in [0, 0.05) is 29.6 Å². The molecule has 10 heteroatoms. The molecule has 0 radical (unpaired) electrons. The monoisotopic (exact) mass is 413 g/mol. The van der Waals surface area contributed by atoms with Crippen LogP contribution in [-0.2, 0) is 11.2 Å². The first-order chi connectivity index (χ1) is 13.4. The molecule has 2 aromatic rings. The summed E-state index contributed by atoms with van der Waals surface area (Å²) >= 11 is 0. The molecule has 2 heterocycles. The van der Waals surface area contributed by atoms with E-state index in [0.717, 1.165) is 12.3 Å². The van der Waals surface area contributed by atoms with Crippen molar-refractivity contribution in [1.82, 2.24) is 15.3 Å². The van der Waals surface area contributed by atoms with Crippen molar-refractivity contribution in [1.29, 1.82) is 0 Å². The van der Waals surface area contributed by atoms with E-state index in [1.54, 1.807) is 19.9 Å². The van der Waals surface area contributed by atoms with Gasteiger partial charge in [0.15, 0.2) is 12.4 Å². The van der Waals surface area contributed by atoms with Gasteiger partial charge < -0.3 is 10.1 Å². The Labute approximate surface area is 164 Å². The Kier molecular flexibility index (Phi) is 6.89. The number of carbonyl (C=O) groups is 2. The molecule has 1 N–H and O–H groups in total. The first-order valence-corrected chi connectivity index (χ1v) is 8.57. The largest absolute Gasteiger partial charge is 0.466 e. The van der Waals surface area contributed by atoms with Crippen LogP contribution >= 0.6 is 0 Å². The van der Waals surface area contributed by atoms with Gasteiger partial charge in [-0.1, -0.05) is 0 Å². The number of nitrogens with zero attached hydrogens (tertiary/aromatic N) is 2. The molecule has 156 valence electrons. The van der Waals surface area contributed by atoms with Crippen LogP contribution in [0.2, 0.25) is 0 Å². The average Bonchev–Trinajstić information content (AvgIpc) is 2.58. The minimum atomic E-state index is -4.61. The van der Waals surface area contributed by atoms with Gasteiger partial charge in [0.05, 0.1) is 6.04 Å². The van der Waals surface area contributed by atoms with Crippen molar-refractivity contribution in [3.8, 4) is 5.88 Å². The SMILES string of the molecule is CC(=O)Cc1cc(C(=O)NC(C)c2cnc(OCC(F)(F)F)c(F)c2)cc(C)n1. The van der Waals surface area contributed by atoms with Gasteiger partial charge >= 0.3 is 6.18 Å². The molecule has 0 bridgehead atoms. The zero-order valence-electron chi connectivity index (χ0n) is 15.9. The smallest absolute Gasteiger partial charge is 0.422 e. The molecular formula is C19H19F4N3O3. The standard InChI is InChI=1S/C19H19F4N3O3/c1-10-4-13(6-15(25-10)5-11(2)27)17(28)26-12(3)14-7-16(20)18(24-8-14)29-9-19(21,22)23/h4,6-8,12H,5,9H2,1-3H3,(H,26,28). The number of ether oxygens (including phenoxy) is 1. The van der Waals surface area contributed by atoms with Crippen molar-refractivity contribution >= 4 is 11.7 Å². The molecule has 1 amide bonds. The normalized spacial score (nSPS) is 12.4. The second-order valence-corrected chi connectivity index (χ2v) is 6.52. The number of ketones is 1. The minimum Gasteiger partial charge on any atom is -0.466 e. The number of hydrogen-bond acceptors (Lipinski definition) is 5. The highest BCUT2D eigenvalue weighted by atomic mass is 19.4. The van der Waals surface area contributed by atoms with Crippen LogP contribution < -0.4 is 10.1 Å². The topological polar surface area (TPSA) is 81.2 Å². The van der Waals surface area contributed by atoms with Gasteiger partial charge in [0.2, 0.25) is 0 Å². The van der Waals surface area contributed by atoms with E-state index in [0.29, 0.717) is 11.4 Å². The summed E-state index contributed by atoms with van der Waals surface area (Å²) in [6, 6.07) is 3.29. The maximum absolute atomic E-state index is 14.0. The maximum atomic E-state index is 14.0. The van der Waals surface area contributed by atoms with Crippen LogP contribution in [0.1, 0.15) is 47.2 Å². The molecule has 0 saturated heterocycles. The summed E-state index contributed by atoms with van der Waals surface area (Å²) < 4.78 is 54.8. The predicted octanol–water partition coefficient (Wildman–Crippen LogP) is 3.49. The van der Waals surface area contributed by atoms with Crippen LogP contribution in [0.5, 0.6) is 5.88 Å². The Morgan fingerprint density at radius 2 is 1.93 bits per heavy atom. The van der Waals surface area contributed by atoms with Crippen LogP contribution in [0.4, 0.5) is 17.6 Å². The number of nitrogens with one attached hydrogen (secondary N) is 1. The van der Waals surface area contributed by atoms with Gasteiger partial charge in [0.25, 0.3) is 11.8 Å². The Bertz CT molecular complexity index is 916. The molecule has 29 heavy (non-hydrogen) atoms. The van der Waals surface area contributed by atoms with Crippen molar-refractivity contribution in [2.45, 2.75) is 39.4 Å². The van der Waals surface area contributed by atoms with E-state index >= 15 is 0 Å². The maximum Gasteiger partial charge on any atom is 0.422 e. The average molecular weight is 413 g/mol. The van der Waals surface area contributed by atoms with Crippen LogP contribution in [0, 0.1) is 12.7 Å². The number of amides is 1. The summed E-state index contributed by atoms with van der Waals surface area (Å²) in [6.45, 7) is 3.00. The lowest BCUT2D eigenvalue weighted by molar-refractivity contribution is -0.154. The third kappa shape index (κ3) is 6.81. The van der Waals surface area contributed by atoms with E-state index in [4.69, 9.17) is 0 Å². The summed E-state index contributed by atoms with van der Waals surface area (Å²) in [5.74, 6) is -2.43. The number of rotatable bonds is 7. The fourth-order valence-electron chi connectivity index (χ4n) is 2.51. The molecule has 0 aliphatic heterocycles. The molecule has 1 atom stereocenters. The van der Waals surface area contributed by atoms with Crippen molar-refractivity contribution in [3.05, 3.63) is 52.7 Å². The summed E-state index contributed by atoms with van der Waals surface area (Å²) in [5.41, 5.74) is 1.53. The molecule has 0 fully saturated rings. The van der Waals surface area contributed by atoms with Gasteiger partial charge in [-0.25, -0.2) is 9.37 Å². The quantitative estimate of drug-likeness (QED) is 0.703. The number of halogens is 4. The lowest BCUT2D eigenvalue weighted by Gasteiger charge is -2.16. The lowest BCUT2D eigenvalue weighted by Crippen LogP contribution is -2.27. The zero-order chi connectivity index (χ0) is 21.8. The summed E-state index contributed by atoms with van der Waals surface area (Å²) in [4.78, 5) is 31.5. The van der Waals surface area contributed by atoms with E-state index in [-0.39, 0.29) is 23.3 Å². The Hall–Kier alpha value is -3.04. The summed E-state index contributed by atoms with van der Waals surface area (Å²) in [7, 11) is 0. The molecule has 2 aromatic heterocycles. The van der Waals surface area contributed by atoms with E-state index in [1.807, 2.05) is 0 Å². The van der Waals surface area contributed by atoms with E-state index in [9.17, 15) is 27.2 Å². The predicted molar refractivity (Wildman–Crippen MR) is 95.0 cm³/mol.